The highest BCUT2D eigenvalue weighted by Crippen LogP contribution is 2.20. The number of hydrogen-bond acceptors (Lipinski definition) is 3. The molecule has 0 spiro atoms. The third-order valence-electron chi connectivity index (χ3n) is 2.18. The van der Waals surface area contributed by atoms with Crippen molar-refractivity contribution in [2.24, 2.45) is 0 Å². The second kappa shape index (κ2) is 5.73. The van der Waals surface area contributed by atoms with Crippen molar-refractivity contribution in [3.05, 3.63) is 29.8 Å². The Morgan fingerprint density at radius 3 is 2.67 bits per heavy atom. The molecule has 0 saturated heterocycles. The number of ether oxygens (including phenoxy) is 1. The Morgan fingerprint density at radius 1 is 1.33 bits per heavy atom. The van der Waals surface area contributed by atoms with E-state index < -0.39 is 6.10 Å². The molecule has 84 valence electrons. The van der Waals surface area contributed by atoms with Gasteiger partial charge in [-0.1, -0.05) is 26.0 Å². The summed E-state index contributed by atoms with van der Waals surface area (Å²) in [7, 11) is 0. The van der Waals surface area contributed by atoms with Gasteiger partial charge >= 0.3 is 0 Å². The van der Waals surface area contributed by atoms with Crippen LogP contribution in [0, 0.1) is 0 Å². The Morgan fingerprint density at radius 2 is 2.07 bits per heavy atom. The molecule has 3 heteroatoms. The lowest BCUT2D eigenvalue weighted by molar-refractivity contribution is 0.0536. The molecule has 0 heterocycles. The molecule has 1 unspecified atom stereocenters. The van der Waals surface area contributed by atoms with E-state index in [0.717, 1.165) is 5.75 Å². The molecular weight excluding hydrogens is 192 g/mol. The van der Waals surface area contributed by atoms with Crippen LogP contribution in [0.15, 0.2) is 24.3 Å². The van der Waals surface area contributed by atoms with Crippen molar-refractivity contribution in [3.8, 4) is 5.75 Å². The maximum absolute atomic E-state index is 9.12. The van der Waals surface area contributed by atoms with Gasteiger partial charge in [0.1, 0.15) is 18.5 Å². The molecule has 1 rings (SSSR count). The first kappa shape index (κ1) is 12.0. The maximum atomic E-state index is 9.12. The van der Waals surface area contributed by atoms with Crippen molar-refractivity contribution in [1.82, 2.24) is 0 Å². The van der Waals surface area contributed by atoms with Crippen LogP contribution in [0.1, 0.15) is 25.3 Å². The second-order valence-corrected chi connectivity index (χ2v) is 3.87. The summed E-state index contributed by atoms with van der Waals surface area (Å²) in [5.74, 6) is 1.19. The van der Waals surface area contributed by atoms with E-state index in [-0.39, 0.29) is 13.2 Å². The molecule has 1 atom stereocenters. The second-order valence-electron chi connectivity index (χ2n) is 3.87. The lowest BCUT2D eigenvalue weighted by Gasteiger charge is -2.12. The van der Waals surface area contributed by atoms with Gasteiger partial charge in [0.05, 0.1) is 6.61 Å². The molecule has 1 aromatic carbocycles. The minimum Gasteiger partial charge on any atom is -0.491 e. The largest absolute Gasteiger partial charge is 0.491 e. The molecule has 0 aliphatic rings. The van der Waals surface area contributed by atoms with E-state index in [2.05, 4.69) is 13.8 Å². The lowest BCUT2D eigenvalue weighted by atomic mass is 10.0. The molecule has 0 saturated carbocycles. The molecule has 0 aliphatic carbocycles. The molecular formula is C12H18O3. The van der Waals surface area contributed by atoms with E-state index in [0.29, 0.717) is 5.92 Å². The van der Waals surface area contributed by atoms with E-state index in [4.69, 9.17) is 14.9 Å². The van der Waals surface area contributed by atoms with E-state index >= 15 is 0 Å². The SMILES string of the molecule is CC(C)c1cccc(OCC(O)CO)c1. The van der Waals surface area contributed by atoms with Gasteiger partial charge in [0.2, 0.25) is 0 Å². The van der Waals surface area contributed by atoms with Crippen LogP contribution in [0.5, 0.6) is 5.75 Å². The third-order valence-corrected chi connectivity index (χ3v) is 2.18. The Labute approximate surface area is 90.3 Å². The van der Waals surface area contributed by atoms with Crippen molar-refractivity contribution >= 4 is 0 Å². The van der Waals surface area contributed by atoms with Gasteiger partial charge < -0.3 is 14.9 Å². The number of aliphatic hydroxyl groups is 2. The van der Waals surface area contributed by atoms with Gasteiger partial charge in [-0.3, -0.25) is 0 Å². The Kier molecular flexibility index (Phi) is 4.59. The normalized spacial score (nSPS) is 12.9. The highest BCUT2D eigenvalue weighted by molar-refractivity contribution is 5.30. The Hall–Kier alpha value is -1.06. The smallest absolute Gasteiger partial charge is 0.119 e. The quantitative estimate of drug-likeness (QED) is 0.775. The summed E-state index contributed by atoms with van der Waals surface area (Å²) in [5, 5.41) is 17.7. The van der Waals surface area contributed by atoms with Crippen LogP contribution in [0.4, 0.5) is 0 Å². The number of hydrogen-bond donors (Lipinski definition) is 2. The van der Waals surface area contributed by atoms with Crippen LogP contribution in [-0.4, -0.2) is 29.5 Å². The number of rotatable bonds is 5. The van der Waals surface area contributed by atoms with Gasteiger partial charge in [-0.25, -0.2) is 0 Å². The predicted octanol–water partition coefficient (Wildman–Crippen LogP) is 1.54. The Bertz CT molecular complexity index is 297. The van der Waals surface area contributed by atoms with Gasteiger partial charge in [0.15, 0.2) is 0 Å². The molecule has 0 fully saturated rings. The fourth-order valence-electron chi connectivity index (χ4n) is 1.21. The van der Waals surface area contributed by atoms with Crippen LogP contribution in [0.25, 0.3) is 0 Å². The van der Waals surface area contributed by atoms with Crippen LogP contribution >= 0.6 is 0 Å². The van der Waals surface area contributed by atoms with Gasteiger partial charge in [-0.15, -0.1) is 0 Å². The molecule has 3 nitrogen and oxygen atoms in total. The number of benzene rings is 1. The zero-order valence-electron chi connectivity index (χ0n) is 9.18. The first-order chi connectivity index (χ1) is 7.13. The summed E-state index contributed by atoms with van der Waals surface area (Å²) in [4.78, 5) is 0. The molecule has 0 bridgehead atoms. The van der Waals surface area contributed by atoms with Gasteiger partial charge in [-0.2, -0.15) is 0 Å². The summed E-state index contributed by atoms with van der Waals surface area (Å²) >= 11 is 0. The molecule has 0 aliphatic heterocycles. The zero-order chi connectivity index (χ0) is 11.3. The van der Waals surface area contributed by atoms with Crippen molar-refractivity contribution in [2.45, 2.75) is 25.9 Å². The van der Waals surface area contributed by atoms with Crippen LogP contribution in [0.2, 0.25) is 0 Å². The van der Waals surface area contributed by atoms with Crippen molar-refractivity contribution in [1.29, 1.82) is 0 Å². The van der Waals surface area contributed by atoms with E-state index in [1.807, 2.05) is 24.3 Å². The summed E-state index contributed by atoms with van der Waals surface area (Å²) in [5.41, 5.74) is 1.20. The molecule has 2 N–H and O–H groups in total. The van der Waals surface area contributed by atoms with E-state index in [1.54, 1.807) is 0 Å². The average Bonchev–Trinajstić information content (AvgIpc) is 2.26. The van der Waals surface area contributed by atoms with Crippen LogP contribution in [-0.2, 0) is 0 Å². The van der Waals surface area contributed by atoms with Crippen LogP contribution < -0.4 is 4.74 Å². The Balaban J connectivity index is 2.58. The number of aliphatic hydroxyl groups excluding tert-OH is 2. The lowest BCUT2D eigenvalue weighted by Crippen LogP contribution is -2.21. The fraction of sp³-hybridized carbons (Fsp3) is 0.500. The predicted molar refractivity (Wildman–Crippen MR) is 59.1 cm³/mol. The molecule has 0 radical (unpaired) electrons. The minimum atomic E-state index is -0.812. The highest BCUT2D eigenvalue weighted by Gasteiger charge is 2.04. The zero-order valence-corrected chi connectivity index (χ0v) is 9.18. The van der Waals surface area contributed by atoms with E-state index in [9.17, 15) is 0 Å². The van der Waals surface area contributed by atoms with Gasteiger partial charge in [0.25, 0.3) is 0 Å². The average molecular weight is 210 g/mol. The van der Waals surface area contributed by atoms with Gasteiger partial charge in [-0.05, 0) is 23.6 Å². The molecule has 0 amide bonds. The van der Waals surface area contributed by atoms with Crippen molar-refractivity contribution < 1.29 is 14.9 Å². The third kappa shape index (κ3) is 3.90. The molecule has 15 heavy (non-hydrogen) atoms. The summed E-state index contributed by atoms with van der Waals surface area (Å²) in [6.45, 7) is 4.07. The first-order valence-corrected chi connectivity index (χ1v) is 5.15. The molecule has 0 aromatic heterocycles. The van der Waals surface area contributed by atoms with E-state index in [1.165, 1.54) is 5.56 Å². The van der Waals surface area contributed by atoms with Crippen molar-refractivity contribution in [3.63, 3.8) is 0 Å². The summed E-state index contributed by atoms with van der Waals surface area (Å²) in [6.07, 6.45) is -0.812. The van der Waals surface area contributed by atoms with Crippen molar-refractivity contribution in [2.75, 3.05) is 13.2 Å². The fourth-order valence-corrected chi connectivity index (χ4v) is 1.21. The topological polar surface area (TPSA) is 49.7 Å². The minimum absolute atomic E-state index is 0.123. The highest BCUT2D eigenvalue weighted by atomic mass is 16.5. The van der Waals surface area contributed by atoms with Crippen LogP contribution in [0.3, 0.4) is 0 Å². The standard InChI is InChI=1S/C12H18O3/c1-9(2)10-4-3-5-12(6-10)15-8-11(14)7-13/h3-6,9,11,13-14H,7-8H2,1-2H3. The summed E-state index contributed by atoms with van der Waals surface area (Å²) in [6, 6.07) is 7.76. The maximum Gasteiger partial charge on any atom is 0.119 e. The molecule has 1 aromatic rings. The van der Waals surface area contributed by atoms with Gasteiger partial charge in [0, 0.05) is 0 Å². The first-order valence-electron chi connectivity index (χ1n) is 5.15. The summed E-state index contributed by atoms with van der Waals surface area (Å²) < 4.78 is 5.34. The monoisotopic (exact) mass is 210 g/mol.